The fourth-order valence-electron chi connectivity index (χ4n) is 1.85. The van der Waals surface area contributed by atoms with Crippen LogP contribution in [0.25, 0.3) is 0 Å². The Balaban J connectivity index is 2.00. The average Bonchev–Trinajstić information content (AvgIpc) is 2.42. The Morgan fingerprint density at radius 3 is 2.39 bits per heavy atom. The Labute approximate surface area is 125 Å². The van der Waals surface area contributed by atoms with E-state index in [4.69, 9.17) is 4.74 Å². The van der Waals surface area contributed by atoms with Gasteiger partial charge in [-0.1, -0.05) is 47.6 Å². The number of benzene rings is 1. The molecule has 0 bridgehead atoms. The van der Waals surface area contributed by atoms with E-state index >= 15 is 0 Å². The highest BCUT2D eigenvalue weighted by molar-refractivity contribution is 14.1. The van der Waals surface area contributed by atoms with Gasteiger partial charge in [-0.3, -0.25) is 0 Å². The van der Waals surface area contributed by atoms with E-state index in [-0.39, 0.29) is 0 Å². The van der Waals surface area contributed by atoms with E-state index in [0.29, 0.717) is 0 Å². The maximum Gasteiger partial charge on any atom is 0.118 e. The minimum absolute atomic E-state index is 0.932. The summed E-state index contributed by atoms with van der Waals surface area (Å²) in [5.74, 6) is 0.932. The SMILES string of the molecule is COc1ccc(CCNCCCCCCI)cc1. The third kappa shape index (κ3) is 7.21. The summed E-state index contributed by atoms with van der Waals surface area (Å²) < 4.78 is 6.44. The van der Waals surface area contributed by atoms with Gasteiger partial charge in [-0.05, 0) is 54.5 Å². The Kier molecular flexibility index (Phi) is 9.30. The zero-order chi connectivity index (χ0) is 13.1. The van der Waals surface area contributed by atoms with Crippen LogP contribution in [0.4, 0.5) is 0 Å². The van der Waals surface area contributed by atoms with Crippen LogP contribution in [0.2, 0.25) is 0 Å². The smallest absolute Gasteiger partial charge is 0.118 e. The van der Waals surface area contributed by atoms with Crippen molar-refractivity contribution in [2.75, 3.05) is 24.6 Å². The summed E-state index contributed by atoms with van der Waals surface area (Å²) in [5.41, 5.74) is 1.37. The molecule has 0 unspecified atom stereocenters. The molecule has 0 fully saturated rings. The molecule has 0 radical (unpaired) electrons. The van der Waals surface area contributed by atoms with Crippen molar-refractivity contribution in [3.8, 4) is 5.75 Å². The summed E-state index contributed by atoms with van der Waals surface area (Å²) in [5, 5.41) is 3.51. The highest BCUT2D eigenvalue weighted by Crippen LogP contribution is 2.11. The first-order valence-corrected chi connectivity index (χ1v) is 8.29. The zero-order valence-electron chi connectivity index (χ0n) is 11.3. The first kappa shape index (κ1) is 15.8. The third-order valence-electron chi connectivity index (χ3n) is 2.99. The van der Waals surface area contributed by atoms with Crippen LogP contribution in [-0.2, 0) is 6.42 Å². The van der Waals surface area contributed by atoms with Crippen molar-refractivity contribution in [2.24, 2.45) is 0 Å². The standard InChI is InChI=1S/C15H24INO/c1-18-15-8-6-14(7-9-15)10-13-17-12-5-3-2-4-11-16/h6-9,17H,2-5,10-13H2,1H3. The number of rotatable bonds is 10. The molecule has 2 nitrogen and oxygen atoms in total. The van der Waals surface area contributed by atoms with Crippen molar-refractivity contribution < 1.29 is 4.74 Å². The second-order valence-corrected chi connectivity index (χ2v) is 5.53. The molecule has 18 heavy (non-hydrogen) atoms. The van der Waals surface area contributed by atoms with Crippen molar-refractivity contribution in [1.29, 1.82) is 0 Å². The highest BCUT2D eigenvalue weighted by Gasteiger charge is 1.95. The molecule has 0 aliphatic carbocycles. The minimum atomic E-state index is 0.932. The molecule has 3 heteroatoms. The number of methoxy groups -OCH3 is 1. The molecular formula is C15H24INO. The van der Waals surface area contributed by atoms with Crippen LogP contribution in [-0.4, -0.2) is 24.6 Å². The topological polar surface area (TPSA) is 21.3 Å². The lowest BCUT2D eigenvalue weighted by Gasteiger charge is -2.05. The lowest BCUT2D eigenvalue weighted by Crippen LogP contribution is -2.18. The average molecular weight is 361 g/mol. The number of ether oxygens (including phenoxy) is 1. The summed E-state index contributed by atoms with van der Waals surface area (Å²) >= 11 is 2.45. The number of hydrogen-bond donors (Lipinski definition) is 1. The Morgan fingerprint density at radius 2 is 1.72 bits per heavy atom. The van der Waals surface area contributed by atoms with Gasteiger partial charge in [0.1, 0.15) is 5.75 Å². The second kappa shape index (κ2) is 10.6. The van der Waals surface area contributed by atoms with Gasteiger partial charge in [-0.15, -0.1) is 0 Å². The monoisotopic (exact) mass is 361 g/mol. The second-order valence-electron chi connectivity index (χ2n) is 4.45. The van der Waals surface area contributed by atoms with Crippen molar-refractivity contribution in [2.45, 2.75) is 32.1 Å². The molecule has 0 spiro atoms. The molecule has 0 saturated heterocycles. The fourth-order valence-corrected chi connectivity index (χ4v) is 2.39. The Bertz CT molecular complexity index is 300. The number of alkyl halides is 1. The molecule has 102 valence electrons. The first-order valence-electron chi connectivity index (χ1n) is 6.76. The van der Waals surface area contributed by atoms with E-state index in [1.807, 2.05) is 12.1 Å². The molecule has 0 aromatic heterocycles. The van der Waals surface area contributed by atoms with Gasteiger partial charge in [0, 0.05) is 0 Å². The predicted molar refractivity (Wildman–Crippen MR) is 86.9 cm³/mol. The molecule has 0 atom stereocenters. The highest BCUT2D eigenvalue weighted by atomic mass is 127. The number of halogens is 1. The lowest BCUT2D eigenvalue weighted by molar-refractivity contribution is 0.414. The Morgan fingerprint density at radius 1 is 1.00 bits per heavy atom. The van der Waals surface area contributed by atoms with E-state index in [9.17, 15) is 0 Å². The van der Waals surface area contributed by atoms with Gasteiger partial charge < -0.3 is 10.1 Å². The van der Waals surface area contributed by atoms with E-state index in [0.717, 1.165) is 25.3 Å². The molecule has 1 rings (SSSR count). The van der Waals surface area contributed by atoms with Crippen LogP contribution in [0, 0.1) is 0 Å². The minimum Gasteiger partial charge on any atom is -0.497 e. The molecule has 0 amide bonds. The van der Waals surface area contributed by atoms with Crippen molar-refractivity contribution in [3.63, 3.8) is 0 Å². The van der Waals surface area contributed by atoms with Crippen molar-refractivity contribution in [3.05, 3.63) is 29.8 Å². The number of nitrogens with one attached hydrogen (secondary N) is 1. The first-order chi connectivity index (χ1) is 8.86. The van der Waals surface area contributed by atoms with Crippen LogP contribution in [0.1, 0.15) is 31.2 Å². The third-order valence-corrected chi connectivity index (χ3v) is 3.75. The molecule has 1 N–H and O–H groups in total. The van der Waals surface area contributed by atoms with E-state index in [1.54, 1.807) is 7.11 Å². The van der Waals surface area contributed by atoms with Gasteiger partial charge >= 0.3 is 0 Å². The molecule has 1 aromatic rings. The molecule has 0 saturated carbocycles. The zero-order valence-corrected chi connectivity index (χ0v) is 13.4. The van der Waals surface area contributed by atoms with Crippen LogP contribution >= 0.6 is 22.6 Å². The largest absolute Gasteiger partial charge is 0.497 e. The molecule has 1 aromatic carbocycles. The lowest BCUT2D eigenvalue weighted by atomic mass is 10.1. The van der Waals surface area contributed by atoms with Crippen LogP contribution in [0.3, 0.4) is 0 Å². The number of hydrogen-bond acceptors (Lipinski definition) is 2. The van der Waals surface area contributed by atoms with Gasteiger partial charge in [0.2, 0.25) is 0 Å². The summed E-state index contributed by atoms with van der Waals surface area (Å²) in [6, 6.07) is 8.33. The maximum atomic E-state index is 5.14. The van der Waals surface area contributed by atoms with Gasteiger partial charge in [-0.2, -0.15) is 0 Å². The van der Waals surface area contributed by atoms with E-state index in [1.165, 1.54) is 35.7 Å². The summed E-state index contributed by atoms with van der Waals surface area (Å²) in [4.78, 5) is 0. The van der Waals surface area contributed by atoms with Gasteiger partial charge in [-0.25, -0.2) is 0 Å². The van der Waals surface area contributed by atoms with Crippen molar-refractivity contribution >= 4 is 22.6 Å². The van der Waals surface area contributed by atoms with Gasteiger partial charge in [0.15, 0.2) is 0 Å². The van der Waals surface area contributed by atoms with Gasteiger partial charge in [0.25, 0.3) is 0 Å². The predicted octanol–water partition coefficient (Wildman–Crippen LogP) is 3.82. The van der Waals surface area contributed by atoms with Crippen LogP contribution < -0.4 is 10.1 Å². The molecule has 0 aliphatic rings. The van der Waals surface area contributed by atoms with Gasteiger partial charge in [0.05, 0.1) is 7.11 Å². The maximum absolute atomic E-state index is 5.14. The van der Waals surface area contributed by atoms with Crippen LogP contribution in [0.15, 0.2) is 24.3 Å². The summed E-state index contributed by atoms with van der Waals surface area (Å²) in [6.07, 6.45) is 6.51. The fraction of sp³-hybridized carbons (Fsp3) is 0.600. The molecule has 0 aliphatic heterocycles. The Hall–Kier alpha value is -0.290. The normalized spacial score (nSPS) is 10.6. The summed E-state index contributed by atoms with van der Waals surface area (Å²) in [6.45, 7) is 2.22. The molecule has 0 heterocycles. The molecular weight excluding hydrogens is 337 g/mol. The van der Waals surface area contributed by atoms with Crippen molar-refractivity contribution in [1.82, 2.24) is 5.32 Å². The quantitative estimate of drug-likeness (QED) is 0.389. The summed E-state index contributed by atoms with van der Waals surface area (Å²) in [7, 11) is 1.70. The number of unbranched alkanes of at least 4 members (excludes halogenated alkanes) is 3. The van der Waals surface area contributed by atoms with Crippen LogP contribution in [0.5, 0.6) is 5.75 Å². The van der Waals surface area contributed by atoms with E-state index < -0.39 is 0 Å². The van der Waals surface area contributed by atoms with E-state index in [2.05, 4.69) is 40.0 Å².